The standard InChI is InChI=1S/C8H7IN2O4/c1-15-6-3-4(9)2-5(8(10)12)7(6)11(13)14/h2-3H,1H3,(H2,10,12). The molecule has 7 heteroatoms. The van der Waals surface area contributed by atoms with Crippen molar-refractivity contribution in [2.45, 2.75) is 0 Å². The highest BCUT2D eigenvalue weighted by Gasteiger charge is 2.24. The average molecular weight is 322 g/mol. The first-order valence-electron chi connectivity index (χ1n) is 3.79. The van der Waals surface area contributed by atoms with E-state index in [1.165, 1.54) is 19.2 Å². The first-order valence-corrected chi connectivity index (χ1v) is 4.87. The van der Waals surface area contributed by atoms with Gasteiger partial charge in [0.25, 0.3) is 5.91 Å². The van der Waals surface area contributed by atoms with Crippen LogP contribution in [0.15, 0.2) is 12.1 Å². The number of hydrogen-bond acceptors (Lipinski definition) is 4. The summed E-state index contributed by atoms with van der Waals surface area (Å²) in [5, 5.41) is 10.7. The van der Waals surface area contributed by atoms with E-state index in [2.05, 4.69) is 0 Å². The number of ether oxygens (including phenoxy) is 1. The minimum Gasteiger partial charge on any atom is -0.490 e. The molecule has 2 N–H and O–H groups in total. The Bertz CT molecular complexity index is 433. The average Bonchev–Trinajstić information content (AvgIpc) is 2.15. The maximum atomic E-state index is 11.0. The minimum atomic E-state index is -0.849. The Balaban J connectivity index is 3.54. The normalized spacial score (nSPS) is 9.73. The first kappa shape index (κ1) is 11.7. The van der Waals surface area contributed by atoms with E-state index in [1.54, 1.807) is 0 Å². The molecule has 0 aromatic heterocycles. The molecule has 80 valence electrons. The van der Waals surface area contributed by atoms with Crippen LogP contribution in [-0.2, 0) is 0 Å². The lowest BCUT2D eigenvalue weighted by Crippen LogP contribution is -2.14. The first-order chi connectivity index (χ1) is 6.97. The summed E-state index contributed by atoms with van der Waals surface area (Å²) in [6, 6.07) is 2.81. The van der Waals surface area contributed by atoms with E-state index in [1.807, 2.05) is 22.6 Å². The molecule has 0 bridgehead atoms. The molecule has 0 aliphatic heterocycles. The van der Waals surface area contributed by atoms with E-state index < -0.39 is 16.5 Å². The molecule has 0 spiro atoms. The van der Waals surface area contributed by atoms with Gasteiger partial charge in [-0.05, 0) is 28.7 Å². The molecule has 6 nitrogen and oxygen atoms in total. The minimum absolute atomic E-state index is 0.0284. The van der Waals surface area contributed by atoms with E-state index in [0.717, 1.165) is 0 Å². The van der Waals surface area contributed by atoms with E-state index >= 15 is 0 Å². The molecule has 0 aliphatic carbocycles. The lowest BCUT2D eigenvalue weighted by molar-refractivity contribution is -0.386. The van der Waals surface area contributed by atoms with Crippen LogP contribution in [0.3, 0.4) is 0 Å². The Kier molecular flexibility index (Phi) is 3.45. The molecular formula is C8H7IN2O4. The summed E-state index contributed by atoms with van der Waals surface area (Å²) in [5.74, 6) is -0.820. The number of halogens is 1. The third kappa shape index (κ3) is 2.35. The number of methoxy groups -OCH3 is 1. The topological polar surface area (TPSA) is 95.5 Å². The Hall–Kier alpha value is -1.38. The van der Waals surface area contributed by atoms with Crippen LogP contribution >= 0.6 is 22.6 Å². The molecule has 0 aliphatic rings. The quantitative estimate of drug-likeness (QED) is 0.515. The highest BCUT2D eigenvalue weighted by molar-refractivity contribution is 14.1. The van der Waals surface area contributed by atoms with Crippen LogP contribution in [0.1, 0.15) is 10.4 Å². The SMILES string of the molecule is COc1cc(I)cc(C(N)=O)c1[N+](=O)[O-]. The van der Waals surface area contributed by atoms with Gasteiger partial charge in [-0.15, -0.1) is 0 Å². The van der Waals surface area contributed by atoms with Crippen molar-refractivity contribution in [1.82, 2.24) is 0 Å². The number of nitro benzene ring substituents is 1. The number of hydrogen-bond donors (Lipinski definition) is 1. The lowest BCUT2D eigenvalue weighted by Gasteiger charge is -2.05. The molecule has 0 saturated heterocycles. The van der Waals surface area contributed by atoms with Gasteiger partial charge in [0, 0.05) is 9.64 Å². The smallest absolute Gasteiger partial charge is 0.323 e. The molecule has 0 unspecified atom stereocenters. The van der Waals surface area contributed by atoms with Crippen molar-refractivity contribution in [2.75, 3.05) is 7.11 Å². The number of carbonyl (C=O) groups is 1. The number of rotatable bonds is 3. The van der Waals surface area contributed by atoms with Crippen LogP contribution in [0.5, 0.6) is 5.75 Å². The summed E-state index contributed by atoms with van der Waals surface area (Å²) in [6.07, 6.45) is 0. The summed E-state index contributed by atoms with van der Waals surface area (Å²) in [6.45, 7) is 0. The third-order valence-corrected chi connectivity index (χ3v) is 2.33. The van der Waals surface area contributed by atoms with Crippen LogP contribution in [0.4, 0.5) is 5.69 Å². The van der Waals surface area contributed by atoms with Gasteiger partial charge in [-0.1, -0.05) is 0 Å². The van der Waals surface area contributed by atoms with Gasteiger partial charge in [-0.3, -0.25) is 14.9 Å². The van der Waals surface area contributed by atoms with E-state index in [-0.39, 0.29) is 11.3 Å². The van der Waals surface area contributed by atoms with Gasteiger partial charge < -0.3 is 10.5 Å². The molecule has 0 fully saturated rings. The molecule has 1 aromatic carbocycles. The Morgan fingerprint density at radius 1 is 1.60 bits per heavy atom. The van der Waals surface area contributed by atoms with Gasteiger partial charge in [0.15, 0.2) is 5.75 Å². The molecule has 15 heavy (non-hydrogen) atoms. The van der Waals surface area contributed by atoms with Crippen molar-refractivity contribution in [3.05, 3.63) is 31.4 Å². The molecule has 0 heterocycles. The van der Waals surface area contributed by atoms with E-state index in [0.29, 0.717) is 3.57 Å². The molecule has 0 atom stereocenters. The zero-order valence-corrected chi connectivity index (χ0v) is 9.85. The summed E-state index contributed by atoms with van der Waals surface area (Å²) >= 11 is 1.92. The predicted molar refractivity (Wildman–Crippen MR) is 60.9 cm³/mol. The maximum absolute atomic E-state index is 11.0. The van der Waals surface area contributed by atoms with Crippen LogP contribution < -0.4 is 10.5 Å². The fraction of sp³-hybridized carbons (Fsp3) is 0.125. The fourth-order valence-electron chi connectivity index (χ4n) is 1.11. The largest absolute Gasteiger partial charge is 0.490 e. The number of nitrogens with two attached hydrogens (primary N) is 1. The Morgan fingerprint density at radius 3 is 2.60 bits per heavy atom. The Morgan fingerprint density at radius 2 is 2.20 bits per heavy atom. The molecular weight excluding hydrogens is 315 g/mol. The van der Waals surface area contributed by atoms with Crippen molar-refractivity contribution in [2.24, 2.45) is 5.73 Å². The van der Waals surface area contributed by atoms with Crippen LogP contribution in [-0.4, -0.2) is 17.9 Å². The maximum Gasteiger partial charge on any atom is 0.323 e. The van der Waals surface area contributed by atoms with Gasteiger partial charge in [0.1, 0.15) is 5.56 Å². The molecule has 1 amide bonds. The molecule has 1 aromatic rings. The van der Waals surface area contributed by atoms with Gasteiger partial charge in [0.2, 0.25) is 0 Å². The predicted octanol–water partition coefficient (Wildman–Crippen LogP) is 1.31. The third-order valence-electron chi connectivity index (χ3n) is 1.71. The number of carbonyl (C=O) groups excluding carboxylic acids is 1. The van der Waals surface area contributed by atoms with Gasteiger partial charge in [0.05, 0.1) is 12.0 Å². The van der Waals surface area contributed by atoms with Crippen molar-refractivity contribution in [1.29, 1.82) is 0 Å². The van der Waals surface area contributed by atoms with Crippen LogP contribution in [0.2, 0.25) is 0 Å². The van der Waals surface area contributed by atoms with Crippen molar-refractivity contribution >= 4 is 34.2 Å². The fourth-order valence-corrected chi connectivity index (χ4v) is 1.70. The monoisotopic (exact) mass is 322 g/mol. The highest BCUT2D eigenvalue weighted by Crippen LogP contribution is 2.32. The molecule has 1 rings (SSSR count). The molecule has 0 saturated carbocycles. The number of amides is 1. The zero-order chi connectivity index (χ0) is 11.6. The lowest BCUT2D eigenvalue weighted by atomic mass is 10.1. The van der Waals surface area contributed by atoms with Gasteiger partial charge in [-0.2, -0.15) is 0 Å². The van der Waals surface area contributed by atoms with Crippen molar-refractivity contribution < 1.29 is 14.5 Å². The summed E-state index contributed by atoms with van der Waals surface area (Å²) in [7, 11) is 1.29. The van der Waals surface area contributed by atoms with Gasteiger partial charge in [-0.25, -0.2) is 0 Å². The van der Waals surface area contributed by atoms with Crippen molar-refractivity contribution in [3.63, 3.8) is 0 Å². The number of nitrogens with zero attached hydrogens (tertiary/aromatic N) is 1. The highest BCUT2D eigenvalue weighted by atomic mass is 127. The number of nitro groups is 1. The van der Waals surface area contributed by atoms with E-state index in [9.17, 15) is 14.9 Å². The molecule has 0 radical (unpaired) electrons. The van der Waals surface area contributed by atoms with Crippen LogP contribution in [0.25, 0.3) is 0 Å². The van der Waals surface area contributed by atoms with E-state index in [4.69, 9.17) is 10.5 Å². The second-order valence-electron chi connectivity index (χ2n) is 2.63. The second-order valence-corrected chi connectivity index (χ2v) is 3.87. The van der Waals surface area contributed by atoms with Crippen molar-refractivity contribution in [3.8, 4) is 5.75 Å². The zero-order valence-electron chi connectivity index (χ0n) is 7.69. The number of primary amides is 1. The Labute approximate surface area is 98.7 Å². The summed E-state index contributed by atoms with van der Waals surface area (Å²) in [4.78, 5) is 21.1. The second kappa shape index (κ2) is 4.43. The van der Waals surface area contributed by atoms with Crippen LogP contribution in [0, 0.1) is 13.7 Å². The summed E-state index contributed by atoms with van der Waals surface area (Å²) in [5.41, 5.74) is 4.50. The van der Waals surface area contributed by atoms with Gasteiger partial charge >= 0.3 is 5.69 Å². The number of benzene rings is 1. The summed E-state index contributed by atoms with van der Waals surface area (Å²) < 4.78 is 5.47.